The first kappa shape index (κ1) is 26.0. The van der Waals surface area contributed by atoms with Crippen LogP contribution in [0.2, 0.25) is 0 Å². The molecule has 0 unspecified atom stereocenters. The van der Waals surface area contributed by atoms with Gasteiger partial charge in [0.2, 0.25) is 0 Å². The minimum atomic E-state index is -1.70. The molecular formula is C6H6NNa3O6. The quantitative estimate of drug-likeness (QED) is 0.467. The van der Waals surface area contributed by atoms with Crippen LogP contribution in [0.5, 0.6) is 0 Å². The van der Waals surface area contributed by atoms with Gasteiger partial charge in [-0.2, -0.15) is 0 Å². The minimum Gasteiger partial charge on any atom is -0.550 e. The van der Waals surface area contributed by atoms with E-state index >= 15 is 0 Å². The van der Waals surface area contributed by atoms with Crippen LogP contribution >= 0.6 is 0 Å². The van der Waals surface area contributed by atoms with Gasteiger partial charge in [0, 0.05) is 18.9 Å². The maximum atomic E-state index is 10.2. The van der Waals surface area contributed by atoms with Crippen molar-refractivity contribution in [2.45, 2.75) is 12.5 Å². The Hall–Kier alpha value is 1.37. The third-order valence-corrected chi connectivity index (χ3v) is 1.15. The van der Waals surface area contributed by atoms with E-state index in [9.17, 15) is 29.7 Å². The zero-order valence-corrected chi connectivity index (χ0v) is 15.4. The van der Waals surface area contributed by atoms with Gasteiger partial charge in [-0.1, -0.05) is 0 Å². The summed E-state index contributed by atoms with van der Waals surface area (Å²) in [5, 5.41) is 31.9. The molecule has 0 amide bonds. The molecule has 0 radical (unpaired) electrons. The fraction of sp³-hybridized carbons (Fsp3) is 0.500. The number of nitrogens with one attached hydrogen (secondary N) is 1. The van der Waals surface area contributed by atoms with Crippen LogP contribution in [0.1, 0.15) is 6.42 Å². The van der Waals surface area contributed by atoms with E-state index in [1.165, 1.54) is 0 Å². The van der Waals surface area contributed by atoms with E-state index in [0.717, 1.165) is 0 Å². The van der Waals surface area contributed by atoms with E-state index in [1.807, 2.05) is 5.32 Å². The van der Waals surface area contributed by atoms with E-state index in [0.29, 0.717) is 0 Å². The predicted molar refractivity (Wildman–Crippen MR) is 31.4 cm³/mol. The summed E-state index contributed by atoms with van der Waals surface area (Å²) in [6, 6.07) is -1.58. The van der Waals surface area contributed by atoms with Gasteiger partial charge in [-0.25, -0.2) is 0 Å². The van der Waals surface area contributed by atoms with Crippen LogP contribution in [0.3, 0.4) is 0 Å². The van der Waals surface area contributed by atoms with Crippen molar-refractivity contribution in [2.24, 2.45) is 0 Å². The first-order valence-electron chi connectivity index (χ1n) is 3.27. The fourth-order valence-corrected chi connectivity index (χ4v) is 0.612. The Balaban J connectivity index is -0.000000240. The van der Waals surface area contributed by atoms with Crippen LogP contribution in [0.4, 0.5) is 0 Å². The fourth-order valence-electron chi connectivity index (χ4n) is 0.612. The van der Waals surface area contributed by atoms with Crippen molar-refractivity contribution >= 4 is 17.9 Å². The van der Waals surface area contributed by atoms with Gasteiger partial charge in [0.1, 0.15) is 0 Å². The summed E-state index contributed by atoms with van der Waals surface area (Å²) >= 11 is 0. The topological polar surface area (TPSA) is 132 Å². The van der Waals surface area contributed by atoms with Crippen LogP contribution in [0, 0.1) is 0 Å². The van der Waals surface area contributed by atoms with Gasteiger partial charge in [0.05, 0.1) is 18.0 Å². The van der Waals surface area contributed by atoms with Gasteiger partial charge in [0.15, 0.2) is 0 Å². The molecule has 0 aliphatic heterocycles. The van der Waals surface area contributed by atoms with E-state index in [4.69, 9.17) is 0 Å². The molecule has 0 aliphatic carbocycles. The van der Waals surface area contributed by atoms with Gasteiger partial charge < -0.3 is 35.0 Å². The van der Waals surface area contributed by atoms with Crippen molar-refractivity contribution in [2.75, 3.05) is 6.54 Å². The molecule has 0 rings (SSSR count). The van der Waals surface area contributed by atoms with Gasteiger partial charge >= 0.3 is 88.7 Å². The van der Waals surface area contributed by atoms with E-state index in [1.54, 1.807) is 0 Å². The molecule has 0 saturated carbocycles. The summed E-state index contributed by atoms with van der Waals surface area (Å²) in [5.41, 5.74) is 0. The van der Waals surface area contributed by atoms with Gasteiger partial charge in [-0.15, -0.1) is 0 Å². The largest absolute Gasteiger partial charge is 1.00 e. The third-order valence-electron chi connectivity index (χ3n) is 1.15. The van der Waals surface area contributed by atoms with Gasteiger partial charge in [-0.3, -0.25) is 0 Å². The van der Waals surface area contributed by atoms with E-state index in [-0.39, 0.29) is 88.7 Å². The average Bonchev–Trinajstić information content (AvgIpc) is 1.96. The van der Waals surface area contributed by atoms with Crippen LogP contribution in [0.15, 0.2) is 0 Å². The molecule has 74 valence electrons. The van der Waals surface area contributed by atoms with Gasteiger partial charge in [-0.05, 0) is 0 Å². The summed E-state index contributed by atoms with van der Waals surface area (Å²) in [6.45, 7) is -0.758. The molecule has 0 fully saturated rings. The molecule has 0 aromatic rings. The van der Waals surface area contributed by atoms with E-state index < -0.39 is 36.9 Å². The number of carboxylic acid groups (broad SMARTS) is 3. The summed E-state index contributed by atoms with van der Waals surface area (Å²) in [6.07, 6.45) is -0.852. The molecule has 1 atom stereocenters. The molecule has 0 heterocycles. The number of carbonyl (C=O) groups is 3. The molecule has 0 aromatic heterocycles. The molecule has 0 spiro atoms. The summed E-state index contributed by atoms with van der Waals surface area (Å²) in [4.78, 5) is 30.0. The maximum absolute atomic E-state index is 10.2. The second-order valence-electron chi connectivity index (χ2n) is 2.20. The van der Waals surface area contributed by atoms with Crippen LogP contribution in [-0.2, 0) is 14.4 Å². The first-order chi connectivity index (χ1) is 5.93. The second kappa shape index (κ2) is 14.4. The molecule has 16 heavy (non-hydrogen) atoms. The Labute approximate surface area is 158 Å². The smallest absolute Gasteiger partial charge is 0.550 e. The summed E-state index contributed by atoms with van der Waals surface area (Å²) in [7, 11) is 0. The van der Waals surface area contributed by atoms with Gasteiger partial charge in [0.25, 0.3) is 0 Å². The van der Waals surface area contributed by atoms with Crippen LogP contribution in [0.25, 0.3) is 0 Å². The second-order valence-corrected chi connectivity index (χ2v) is 2.20. The third kappa shape index (κ3) is 15.4. The Kier molecular flexibility index (Phi) is 23.5. The van der Waals surface area contributed by atoms with Crippen molar-refractivity contribution in [1.29, 1.82) is 0 Å². The molecule has 7 nitrogen and oxygen atoms in total. The molecule has 0 bridgehead atoms. The number of hydrogen-bond donors (Lipinski definition) is 1. The predicted octanol–water partition coefficient (Wildman–Crippen LogP) is -14.4. The molecule has 0 aromatic carbocycles. The van der Waals surface area contributed by atoms with E-state index in [2.05, 4.69) is 0 Å². The van der Waals surface area contributed by atoms with Crippen molar-refractivity contribution in [3.05, 3.63) is 0 Å². The number of aliphatic carboxylic acids is 3. The average molecular weight is 257 g/mol. The number of rotatable bonds is 6. The van der Waals surface area contributed by atoms with Crippen molar-refractivity contribution < 1.29 is 118 Å². The summed E-state index contributed by atoms with van der Waals surface area (Å²) < 4.78 is 0. The number of hydrogen-bond acceptors (Lipinski definition) is 7. The van der Waals surface area contributed by atoms with Crippen molar-refractivity contribution in [1.82, 2.24) is 5.32 Å². The Morgan fingerprint density at radius 1 is 0.938 bits per heavy atom. The number of carbonyl (C=O) groups excluding carboxylic acids is 3. The van der Waals surface area contributed by atoms with Crippen LogP contribution < -0.4 is 109 Å². The molecule has 1 N–H and O–H groups in total. The number of carboxylic acids is 3. The summed E-state index contributed by atoms with van der Waals surface area (Å²) in [5.74, 6) is -4.85. The maximum Gasteiger partial charge on any atom is 1.00 e. The minimum absolute atomic E-state index is 0. The normalized spacial score (nSPS) is 9.75. The van der Waals surface area contributed by atoms with Crippen molar-refractivity contribution in [3.8, 4) is 0 Å². The van der Waals surface area contributed by atoms with Crippen LogP contribution in [-0.4, -0.2) is 30.5 Å². The zero-order chi connectivity index (χ0) is 10.4. The molecule has 0 saturated heterocycles. The first-order valence-corrected chi connectivity index (χ1v) is 3.27. The molecular weight excluding hydrogens is 251 g/mol. The molecule has 0 aliphatic rings. The monoisotopic (exact) mass is 257 g/mol. The van der Waals surface area contributed by atoms with Crippen molar-refractivity contribution in [3.63, 3.8) is 0 Å². The Bertz CT molecular complexity index is 236. The standard InChI is InChI=1S/C6H9NO6.3Na/c8-4(9)1-3(6(12)13)7-2-5(10)11;;;/h3,7H,1-2H2,(H,8,9)(H,10,11)(H,12,13);;;/q;3*+1/p-3/t3-;;;/m0.../s1. The Morgan fingerprint density at radius 2 is 1.38 bits per heavy atom. The SMILES string of the molecule is O=C([O-])CN[C@@H](CC(=O)[O-])C(=O)[O-].[Na+].[Na+].[Na+]. The Morgan fingerprint density at radius 3 is 1.62 bits per heavy atom. The zero-order valence-electron chi connectivity index (χ0n) is 9.44. The molecule has 10 heteroatoms.